The first-order valence-electron chi connectivity index (χ1n) is 12.3. The maximum atomic E-state index is 15.0. The molecule has 12 heteroatoms. The molecule has 206 valence electrons. The van der Waals surface area contributed by atoms with Gasteiger partial charge >= 0.3 is 0 Å². The molecule has 0 radical (unpaired) electrons. The topological polar surface area (TPSA) is 132 Å². The summed E-state index contributed by atoms with van der Waals surface area (Å²) in [5.74, 6) is -0.641. The number of halogens is 1. The zero-order chi connectivity index (χ0) is 27.8. The molecule has 0 unspecified atom stereocenters. The van der Waals surface area contributed by atoms with E-state index in [2.05, 4.69) is 26.1 Å². The minimum atomic E-state index is -0.789. The highest BCUT2D eigenvalue weighted by Crippen LogP contribution is 2.37. The first-order chi connectivity index (χ1) is 18.9. The molecule has 1 aromatic heterocycles. The van der Waals surface area contributed by atoms with Gasteiger partial charge in [0.2, 0.25) is 5.71 Å². The summed E-state index contributed by atoms with van der Waals surface area (Å²) in [6, 6.07) is 8.91. The number of benzene rings is 2. The van der Waals surface area contributed by atoms with E-state index >= 15 is 4.39 Å². The second-order valence-corrected chi connectivity index (χ2v) is 8.68. The third-order valence-corrected chi connectivity index (χ3v) is 6.16. The Hall–Kier alpha value is -4.45. The molecule has 0 atom stereocenters. The van der Waals surface area contributed by atoms with E-state index in [9.17, 15) is 9.59 Å². The lowest BCUT2D eigenvalue weighted by atomic mass is 10.0. The van der Waals surface area contributed by atoms with Crippen molar-refractivity contribution in [3.63, 3.8) is 0 Å². The van der Waals surface area contributed by atoms with E-state index in [1.807, 2.05) is 0 Å². The predicted molar refractivity (Wildman–Crippen MR) is 143 cm³/mol. The molecule has 0 saturated carbocycles. The van der Waals surface area contributed by atoms with Crippen molar-refractivity contribution in [1.82, 2.24) is 15.7 Å². The molecule has 0 spiro atoms. The molecule has 2 amide bonds. The van der Waals surface area contributed by atoms with E-state index in [0.717, 1.165) is 18.9 Å². The standard InChI is InChI=1S/C27H30FN5O6/c1-29-33-25(26(34)31-15-16-7-10-38-11-8-16)27(35)32-17-4-5-22(19(28)12-17)39-21-6-9-30-20-14-24(37-3)23(36-2)13-18(20)21/h4-6,9,12-14,16,29H,7-8,10-11,15H2,1-3H3,(H,31,34)(H,32,35)/b33-25+. The highest BCUT2D eigenvalue weighted by Gasteiger charge is 2.23. The third-order valence-electron chi connectivity index (χ3n) is 6.16. The van der Waals surface area contributed by atoms with Crippen LogP contribution >= 0.6 is 0 Å². The molecule has 4 rings (SSSR count). The maximum Gasteiger partial charge on any atom is 0.281 e. The van der Waals surface area contributed by atoms with Gasteiger partial charge in [0, 0.05) is 56.2 Å². The van der Waals surface area contributed by atoms with E-state index in [0.29, 0.717) is 47.9 Å². The Kier molecular flexibility index (Phi) is 9.10. The number of nitrogens with one attached hydrogen (secondary N) is 3. The van der Waals surface area contributed by atoms with Gasteiger partial charge < -0.3 is 35.0 Å². The van der Waals surface area contributed by atoms with Gasteiger partial charge in [-0.2, -0.15) is 5.10 Å². The van der Waals surface area contributed by atoms with Crippen LogP contribution in [-0.4, -0.2) is 63.5 Å². The van der Waals surface area contributed by atoms with E-state index in [4.69, 9.17) is 18.9 Å². The van der Waals surface area contributed by atoms with Crippen LogP contribution in [0.15, 0.2) is 47.7 Å². The number of hydrogen-bond acceptors (Lipinski definition) is 9. The van der Waals surface area contributed by atoms with Crippen LogP contribution < -0.4 is 30.3 Å². The van der Waals surface area contributed by atoms with Crippen molar-refractivity contribution in [2.24, 2.45) is 11.0 Å². The predicted octanol–water partition coefficient (Wildman–Crippen LogP) is 3.24. The van der Waals surface area contributed by atoms with Gasteiger partial charge in [0.15, 0.2) is 23.1 Å². The largest absolute Gasteiger partial charge is 0.493 e. The van der Waals surface area contributed by atoms with Crippen LogP contribution in [0.5, 0.6) is 23.0 Å². The SMILES string of the molecule is CN/N=C(\C(=O)NCC1CCOCC1)C(=O)Nc1ccc(Oc2ccnc3cc(OC)c(OC)cc23)c(F)c1. The second kappa shape index (κ2) is 12.9. The van der Waals surface area contributed by atoms with Crippen LogP contribution in [0.3, 0.4) is 0 Å². The van der Waals surface area contributed by atoms with Gasteiger partial charge in [-0.3, -0.25) is 14.6 Å². The van der Waals surface area contributed by atoms with Crippen LogP contribution in [0, 0.1) is 11.7 Å². The first kappa shape index (κ1) is 27.6. The number of ether oxygens (including phenoxy) is 4. The highest BCUT2D eigenvalue weighted by atomic mass is 19.1. The summed E-state index contributed by atoms with van der Waals surface area (Å²) in [6.07, 6.45) is 3.19. The zero-order valence-corrected chi connectivity index (χ0v) is 21.9. The molecule has 1 saturated heterocycles. The Bertz CT molecular complexity index is 1380. The second-order valence-electron chi connectivity index (χ2n) is 8.68. The van der Waals surface area contributed by atoms with E-state index in [1.54, 1.807) is 18.2 Å². The Morgan fingerprint density at radius 2 is 1.77 bits per heavy atom. The smallest absolute Gasteiger partial charge is 0.281 e. The number of methoxy groups -OCH3 is 2. The molecule has 3 aromatic rings. The van der Waals surface area contributed by atoms with Crippen LogP contribution in [0.4, 0.5) is 10.1 Å². The average Bonchev–Trinajstić information content (AvgIpc) is 2.95. The summed E-state index contributed by atoms with van der Waals surface area (Å²) in [4.78, 5) is 29.7. The van der Waals surface area contributed by atoms with Crippen molar-refractivity contribution in [2.75, 3.05) is 46.3 Å². The number of hydrazone groups is 1. The summed E-state index contributed by atoms with van der Waals surface area (Å²) >= 11 is 0. The Balaban J connectivity index is 1.46. The summed E-state index contributed by atoms with van der Waals surface area (Å²) < 4.78 is 36.8. The van der Waals surface area contributed by atoms with Crippen molar-refractivity contribution in [2.45, 2.75) is 12.8 Å². The van der Waals surface area contributed by atoms with Gasteiger partial charge in [-0.05, 0) is 43.0 Å². The average molecular weight is 540 g/mol. The lowest BCUT2D eigenvalue weighted by molar-refractivity contribution is -0.117. The normalized spacial score (nSPS) is 14.0. The van der Waals surface area contributed by atoms with Crippen molar-refractivity contribution in [3.8, 4) is 23.0 Å². The Labute approximate surface area is 224 Å². The summed E-state index contributed by atoms with van der Waals surface area (Å²) in [5, 5.41) is 9.65. The monoisotopic (exact) mass is 539 g/mol. The summed E-state index contributed by atoms with van der Waals surface area (Å²) in [7, 11) is 4.50. The van der Waals surface area contributed by atoms with Crippen molar-refractivity contribution >= 4 is 34.1 Å². The minimum absolute atomic E-state index is 0.0754. The summed E-state index contributed by atoms with van der Waals surface area (Å²) in [5.41, 5.74) is 2.78. The number of amides is 2. The van der Waals surface area contributed by atoms with Crippen molar-refractivity contribution in [1.29, 1.82) is 0 Å². The van der Waals surface area contributed by atoms with Gasteiger partial charge in [-0.1, -0.05) is 0 Å². The Morgan fingerprint density at radius 3 is 2.46 bits per heavy atom. The number of nitrogens with zero attached hydrogens (tertiary/aromatic N) is 2. The molecule has 1 aliphatic rings. The maximum absolute atomic E-state index is 15.0. The van der Waals surface area contributed by atoms with Crippen LogP contribution in [-0.2, 0) is 14.3 Å². The van der Waals surface area contributed by atoms with E-state index in [-0.39, 0.29) is 23.1 Å². The van der Waals surface area contributed by atoms with Gasteiger partial charge in [0.25, 0.3) is 11.8 Å². The Morgan fingerprint density at radius 1 is 1.03 bits per heavy atom. The zero-order valence-electron chi connectivity index (χ0n) is 21.9. The molecule has 0 bridgehead atoms. The van der Waals surface area contributed by atoms with Crippen LogP contribution in [0.2, 0.25) is 0 Å². The number of anilines is 1. The highest BCUT2D eigenvalue weighted by molar-refractivity contribution is 6.67. The number of carbonyl (C=O) groups excluding carboxylic acids is 2. The number of fused-ring (bicyclic) bond motifs is 1. The lowest BCUT2D eigenvalue weighted by Gasteiger charge is -2.22. The molecule has 1 fully saturated rings. The fourth-order valence-corrected chi connectivity index (χ4v) is 4.09. The number of aromatic nitrogens is 1. The van der Waals surface area contributed by atoms with Gasteiger partial charge in [0.1, 0.15) is 5.75 Å². The number of pyridine rings is 1. The molecule has 2 aromatic carbocycles. The van der Waals surface area contributed by atoms with Gasteiger partial charge in [0.05, 0.1) is 19.7 Å². The van der Waals surface area contributed by atoms with Gasteiger partial charge in [-0.15, -0.1) is 0 Å². The third kappa shape index (κ3) is 6.71. The lowest BCUT2D eigenvalue weighted by Crippen LogP contribution is -2.42. The van der Waals surface area contributed by atoms with Crippen molar-refractivity contribution in [3.05, 3.63) is 48.4 Å². The molecular formula is C27H30FN5O6. The minimum Gasteiger partial charge on any atom is -0.493 e. The number of hydrogen-bond donors (Lipinski definition) is 3. The molecule has 11 nitrogen and oxygen atoms in total. The van der Waals surface area contributed by atoms with Crippen LogP contribution in [0.25, 0.3) is 10.9 Å². The van der Waals surface area contributed by atoms with E-state index in [1.165, 1.54) is 39.6 Å². The molecule has 39 heavy (non-hydrogen) atoms. The molecule has 3 N–H and O–H groups in total. The molecule has 0 aliphatic carbocycles. The number of carbonyl (C=O) groups is 2. The van der Waals surface area contributed by atoms with Crippen LogP contribution in [0.1, 0.15) is 12.8 Å². The molecule has 2 heterocycles. The fraction of sp³-hybridized carbons (Fsp3) is 0.333. The quantitative estimate of drug-likeness (QED) is 0.203. The summed E-state index contributed by atoms with van der Waals surface area (Å²) in [6.45, 7) is 1.69. The van der Waals surface area contributed by atoms with Crippen molar-refractivity contribution < 1.29 is 32.9 Å². The first-order valence-corrected chi connectivity index (χ1v) is 12.3. The van der Waals surface area contributed by atoms with E-state index < -0.39 is 17.6 Å². The molecule has 1 aliphatic heterocycles. The molecular weight excluding hydrogens is 509 g/mol. The fourth-order valence-electron chi connectivity index (χ4n) is 4.09. The number of rotatable bonds is 10. The van der Waals surface area contributed by atoms with Gasteiger partial charge in [-0.25, -0.2) is 4.39 Å².